The van der Waals surface area contributed by atoms with Gasteiger partial charge in [-0.1, -0.05) is 57.8 Å². The maximum Gasteiger partial charge on any atom is -0.0114 e. The molecule has 0 aliphatic rings. The number of rotatable bonds is 9. The first-order valence-corrected chi connectivity index (χ1v) is 6.91. The van der Waals surface area contributed by atoms with Crippen LogP contribution in [0.5, 0.6) is 0 Å². The van der Waals surface area contributed by atoms with Crippen molar-refractivity contribution in [3.05, 3.63) is 24.3 Å². The molecule has 94 valence electrons. The Morgan fingerprint density at radius 2 is 1.88 bits per heavy atom. The van der Waals surface area contributed by atoms with Crippen molar-refractivity contribution < 1.29 is 0 Å². The van der Waals surface area contributed by atoms with Crippen molar-refractivity contribution in [3.63, 3.8) is 0 Å². The van der Waals surface area contributed by atoms with Gasteiger partial charge >= 0.3 is 0 Å². The minimum atomic E-state index is 0.410. The van der Waals surface area contributed by atoms with Crippen LogP contribution in [-0.4, -0.2) is 0 Å². The van der Waals surface area contributed by atoms with Gasteiger partial charge in [0, 0.05) is 0 Å². The number of unbranched alkanes of at least 4 members (excludes halogenated alkanes) is 2. The summed E-state index contributed by atoms with van der Waals surface area (Å²) < 4.78 is 0. The lowest BCUT2D eigenvalue weighted by atomic mass is 9.73. The molecule has 0 heteroatoms. The Morgan fingerprint density at radius 3 is 2.31 bits per heavy atom. The Morgan fingerprint density at radius 1 is 1.19 bits per heavy atom. The van der Waals surface area contributed by atoms with Gasteiger partial charge in [0.2, 0.25) is 0 Å². The monoisotopic (exact) mass is 222 g/mol. The minimum Gasteiger partial charge on any atom is -0.103 e. The third-order valence-electron chi connectivity index (χ3n) is 3.74. The first kappa shape index (κ1) is 15.5. The molecular weight excluding hydrogens is 192 g/mol. The van der Waals surface area contributed by atoms with Gasteiger partial charge in [0.15, 0.2) is 0 Å². The Balaban J connectivity index is 4.52. The lowest BCUT2D eigenvalue weighted by molar-refractivity contribution is 0.316. The molecule has 0 bridgehead atoms. The molecule has 16 heavy (non-hydrogen) atoms. The third kappa shape index (κ3) is 5.01. The molecule has 0 aromatic rings. The number of hydrogen-bond donors (Lipinski definition) is 0. The molecule has 0 N–H and O–H groups in total. The van der Waals surface area contributed by atoms with E-state index >= 15 is 0 Å². The topological polar surface area (TPSA) is 0 Å². The van der Waals surface area contributed by atoms with E-state index < -0.39 is 0 Å². The molecule has 0 radical (unpaired) electrons. The summed E-state index contributed by atoms with van der Waals surface area (Å²) in [5.41, 5.74) is 2.04. The summed E-state index contributed by atoms with van der Waals surface area (Å²) in [4.78, 5) is 0. The van der Waals surface area contributed by atoms with E-state index in [0.717, 1.165) is 6.42 Å². The van der Waals surface area contributed by atoms with Crippen LogP contribution < -0.4 is 0 Å². The fourth-order valence-electron chi connectivity index (χ4n) is 2.61. The summed E-state index contributed by atoms with van der Waals surface area (Å²) in [5.74, 6) is 0. The van der Waals surface area contributed by atoms with Crippen LogP contribution in [0, 0.1) is 5.41 Å². The van der Waals surface area contributed by atoms with Gasteiger partial charge in [0.05, 0.1) is 0 Å². The highest BCUT2D eigenvalue weighted by atomic mass is 14.3. The molecule has 0 saturated heterocycles. The fraction of sp³-hybridized carbons (Fsp3) is 0.750. The average Bonchev–Trinajstić information content (AvgIpc) is 2.28. The van der Waals surface area contributed by atoms with Gasteiger partial charge in [-0.25, -0.2) is 0 Å². The van der Waals surface area contributed by atoms with Crippen LogP contribution in [0.15, 0.2) is 24.3 Å². The smallest absolute Gasteiger partial charge is 0.0114 e. The highest BCUT2D eigenvalue weighted by Crippen LogP contribution is 2.39. The van der Waals surface area contributed by atoms with Crippen LogP contribution in [0.2, 0.25) is 0 Å². The molecule has 0 fully saturated rings. The summed E-state index contributed by atoms with van der Waals surface area (Å²) in [6.07, 6.45) is 13.4. The van der Waals surface area contributed by atoms with Crippen LogP contribution in [0.3, 0.4) is 0 Å². The number of allylic oxidation sites excluding steroid dienone is 3. The Labute approximate surface area is 103 Å². The molecule has 0 rings (SSSR count). The highest BCUT2D eigenvalue weighted by molar-refractivity contribution is 5.12. The van der Waals surface area contributed by atoms with Gasteiger partial charge in [0.25, 0.3) is 0 Å². The normalized spacial score (nSPS) is 15.9. The van der Waals surface area contributed by atoms with Crippen LogP contribution in [0.25, 0.3) is 0 Å². The van der Waals surface area contributed by atoms with E-state index in [4.69, 9.17) is 0 Å². The number of hydrogen-bond acceptors (Lipinski definition) is 0. The van der Waals surface area contributed by atoms with Gasteiger partial charge in [-0.05, 0) is 38.0 Å². The molecule has 0 amide bonds. The molecule has 0 saturated carbocycles. The second-order valence-electron chi connectivity index (χ2n) is 5.01. The molecule has 0 aromatic heterocycles. The van der Waals surface area contributed by atoms with Gasteiger partial charge in [0.1, 0.15) is 0 Å². The largest absolute Gasteiger partial charge is 0.103 e. The Hall–Kier alpha value is -0.520. The lowest BCUT2D eigenvalue weighted by Gasteiger charge is -2.32. The zero-order chi connectivity index (χ0) is 12.4. The zero-order valence-electron chi connectivity index (χ0n) is 11.8. The van der Waals surface area contributed by atoms with Crippen molar-refractivity contribution in [3.8, 4) is 0 Å². The van der Waals surface area contributed by atoms with Gasteiger partial charge in [-0.3, -0.25) is 0 Å². The van der Waals surface area contributed by atoms with Crippen LogP contribution in [-0.2, 0) is 0 Å². The second-order valence-corrected chi connectivity index (χ2v) is 5.01. The highest BCUT2D eigenvalue weighted by Gasteiger charge is 2.25. The first-order valence-electron chi connectivity index (χ1n) is 6.91. The fourth-order valence-corrected chi connectivity index (χ4v) is 2.61. The van der Waals surface area contributed by atoms with Gasteiger partial charge < -0.3 is 0 Å². The molecule has 0 aliphatic heterocycles. The summed E-state index contributed by atoms with van der Waals surface area (Å²) in [6, 6.07) is 0. The first-order chi connectivity index (χ1) is 7.64. The van der Waals surface area contributed by atoms with E-state index in [1.807, 2.05) is 0 Å². The molecule has 1 atom stereocenters. The minimum absolute atomic E-state index is 0.410. The van der Waals surface area contributed by atoms with Crippen LogP contribution >= 0.6 is 0 Å². The second kappa shape index (κ2) is 8.61. The lowest BCUT2D eigenvalue weighted by Crippen LogP contribution is -2.19. The van der Waals surface area contributed by atoms with Crippen molar-refractivity contribution in [2.45, 2.75) is 72.6 Å². The summed E-state index contributed by atoms with van der Waals surface area (Å²) in [7, 11) is 0. The van der Waals surface area contributed by atoms with Crippen molar-refractivity contribution in [2.75, 3.05) is 0 Å². The van der Waals surface area contributed by atoms with Gasteiger partial charge in [-0.2, -0.15) is 0 Å². The molecule has 0 aliphatic carbocycles. The quantitative estimate of drug-likeness (QED) is 0.337. The van der Waals surface area contributed by atoms with E-state index in [1.165, 1.54) is 38.5 Å². The maximum atomic E-state index is 3.85. The SMILES string of the molecule is C=CCCC(C)(CCCCC)C(=CC)CC. The van der Waals surface area contributed by atoms with Crippen molar-refractivity contribution in [1.82, 2.24) is 0 Å². The predicted octanol–water partition coefficient (Wildman–Crippen LogP) is 5.90. The molecule has 0 spiro atoms. The van der Waals surface area contributed by atoms with Crippen molar-refractivity contribution in [2.24, 2.45) is 5.41 Å². The third-order valence-corrected chi connectivity index (χ3v) is 3.74. The van der Waals surface area contributed by atoms with Crippen molar-refractivity contribution >= 4 is 0 Å². The van der Waals surface area contributed by atoms with E-state index in [2.05, 4.69) is 46.4 Å². The molecule has 0 aromatic carbocycles. The maximum absolute atomic E-state index is 3.85. The van der Waals surface area contributed by atoms with E-state index in [-0.39, 0.29) is 0 Å². The zero-order valence-corrected chi connectivity index (χ0v) is 11.8. The molecule has 0 heterocycles. The van der Waals surface area contributed by atoms with E-state index in [1.54, 1.807) is 5.57 Å². The molecular formula is C16H30. The predicted molar refractivity (Wildman–Crippen MR) is 75.7 cm³/mol. The Bertz CT molecular complexity index is 212. The Kier molecular flexibility index (Phi) is 8.33. The van der Waals surface area contributed by atoms with Crippen LogP contribution in [0.1, 0.15) is 72.6 Å². The summed E-state index contributed by atoms with van der Waals surface area (Å²) >= 11 is 0. The summed E-state index contributed by atoms with van der Waals surface area (Å²) in [6.45, 7) is 13.0. The van der Waals surface area contributed by atoms with E-state index in [9.17, 15) is 0 Å². The van der Waals surface area contributed by atoms with Crippen LogP contribution in [0.4, 0.5) is 0 Å². The molecule has 1 unspecified atom stereocenters. The average molecular weight is 222 g/mol. The van der Waals surface area contributed by atoms with E-state index in [0.29, 0.717) is 5.41 Å². The van der Waals surface area contributed by atoms with Gasteiger partial charge in [-0.15, -0.1) is 6.58 Å². The standard InChI is InChI=1S/C16H30/c1-6-10-12-14-16(5,13-11-7-2)15(8-3)9-4/h7-8H,2,6,9-14H2,1,3-5H3. The van der Waals surface area contributed by atoms with Crippen molar-refractivity contribution in [1.29, 1.82) is 0 Å². The molecule has 0 nitrogen and oxygen atoms in total. The summed E-state index contributed by atoms with van der Waals surface area (Å²) in [5, 5.41) is 0.